The molecular weight excluding hydrogens is 304 g/mol. The summed E-state index contributed by atoms with van der Waals surface area (Å²) in [5, 5.41) is 43.1. The molecule has 0 radical (unpaired) electrons. The Kier molecular flexibility index (Phi) is 3.59. The van der Waals surface area contributed by atoms with Gasteiger partial charge in [-0.05, 0) is 68.6 Å². The average molecular weight is 336 g/mol. The first-order chi connectivity index (χ1) is 11.1. The van der Waals surface area contributed by atoms with E-state index in [1.807, 2.05) is 13.0 Å². The van der Waals surface area contributed by atoms with Crippen molar-refractivity contribution >= 4 is 0 Å². The summed E-state index contributed by atoms with van der Waals surface area (Å²) in [6, 6.07) is 0. The van der Waals surface area contributed by atoms with Gasteiger partial charge >= 0.3 is 0 Å². The minimum atomic E-state index is -0.781. The van der Waals surface area contributed by atoms with Crippen LogP contribution in [0.5, 0.6) is 0 Å². The van der Waals surface area contributed by atoms with Gasteiger partial charge in [0.1, 0.15) is 0 Å². The molecule has 4 aliphatic rings. The highest BCUT2D eigenvalue weighted by atomic mass is 16.3. The van der Waals surface area contributed by atoms with Gasteiger partial charge in [-0.1, -0.05) is 25.5 Å². The third-order valence-electron chi connectivity index (χ3n) is 8.61. The largest absolute Gasteiger partial charge is 0.393 e. The molecule has 0 aromatic rings. The Hall–Kier alpha value is -0.420. The molecule has 3 saturated carbocycles. The Labute approximate surface area is 144 Å². The molecule has 4 aliphatic carbocycles. The third kappa shape index (κ3) is 2.00. The van der Waals surface area contributed by atoms with E-state index in [0.29, 0.717) is 12.8 Å². The standard InChI is InChI=1S/C20H32O4/c1-18-6-4-12(21)8-11(18)9-14(22)16-13-5-7-20(3,24)19(13,2)10-15(23)17(16)18/h9,12-17,21-24H,4-8,10H2,1-3H3/t12-,13?,14?,15?,16?,17?,18-,19-,20-/m0/s1. The molecule has 4 nitrogen and oxygen atoms in total. The maximum absolute atomic E-state index is 11.1. The second-order valence-corrected chi connectivity index (χ2v) is 9.71. The van der Waals surface area contributed by atoms with E-state index in [1.165, 1.54) is 0 Å². The van der Waals surface area contributed by atoms with Crippen LogP contribution in [0.3, 0.4) is 0 Å². The van der Waals surface area contributed by atoms with Crippen LogP contribution in [0.25, 0.3) is 0 Å². The highest BCUT2D eigenvalue weighted by Crippen LogP contribution is 2.66. The minimum absolute atomic E-state index is 0.00304. The monoisotopic (exact) mass is 336 g/mol. The first-order valence-electron chi connectivity index (χ1n) is 9.58. The first-order valence-corrected chi connectivity index (χ1v) is 9.58. The predicted octanol–water partition coefficient (Wildman–Crippen LogP) is 2.00. The Morgan fingerprint density at radius 1 is 1.04 bits per heavy atom. The molecule has 0 aromatic heterocycles. The van der Waals surface area contributed by atoms with E-state index in [1.54, 1.807) is 0 Å². The molecule has 24 heavy (non-hydrogen) atoms. The van der Waals surface area contributed by atoms with E-state index in [-0.39, 0.29) is 34.7 Å². The lowest BCUT2D eigenvalue weighted by Gasteiger charge is -2.61. The van der Waals surface area contributed by atoms with Crippen LogP contribution < -0.4 is 0 Å². The molecule has 0 heterocycles. The molecule has 0 aliphatic heterocycles. The lowest BCUT2D eigenvalue weighted by molar-refractivity contribution is -0.181. The number of aliphatic hydroxyl groups excluding tert-OH is 3. The van der Waals surface area contributed by atoms with Gasteiger partial charge in [-0.3, -0.25) is 0 Å². The molecule has 0 spiro atoms. The maximum atomic E-state index is 11.1. The maximum Gasteiger partial charge on any atom is 0.0758 e. The van der Waals surface area contributed by atoms with Gasteiger partial charge in [0, 0.05) is 5.41 Å². The molecule has 4 rings (SSSR count). The second kappa shape index (κ2) is 5.06. The van der Waals surface area contributed by atoms with Crippen molar-refractivity contribution < 1.29 is 20.4 Å². The highest BCUT2D eigenvalue weighted by Gasteiger charge is 2.66. The Balaban J connectivity index is 1.79. The lowest BCUT2D eigenvalue weighted by atomic mass is 9.45. The van der Waals surface area contributed by atoms with Crippen molar-refractivity contribution in [1.29, 1.82) is 0 Å². The van der Waals surface area contributed by atoms with Gasteiger partial charge in [0.15, 0.2) is 0 Å². The Morgan fingerprint density at radius 2 is 1.75 bits per heavy atom. The van der Waals surface area contributed by atoms with E-state index in [2.05, 4.69) is 13.8 Å². The Morgan fingerprint density at radius 3 is 2.46 bits per heavy atom. The molecule has 4 heteroatoms. The Bertz CT molecular complexity index is 570. The zero-order valence-electron chi connectivity index (χ0n) is 15.1. The van der Waals surface area contributed by atoms with Crippen LogP contribution >= 0.6 is 0 Å². The van der Waals surface area contributed by atoms with Crippen LogP contribution in [0.4, 0.5) is 0 Å². The van der Waals surface area contributed by atoms with Crippen molar-refractivity contribution in [2.24, 2.45) is 28.6 Å². The average Bonchev–Trinajstić information content (AvgIpc) is 2.71. The lowest BCUT2D eigenvalue weighted by Crippen LogP contribution is -2.61. The molecule has 5 unspecified atom stereocenters. The summed E-state index contributed by atoms with van der Waals surface area (Å²) in [7, 11) is 0. The quantitative estimate of drug-likeness (QED) is 0.510. The van der Waals surface area contributed by atoms with Gasteiger partial charge in [0.05, 0.1) is 23.9 Å². The number of aliphatic hydroxyl groups is 4. The third-order valence-corrected chi connectivity index (χ3v) is 8.61. The van der Waals surface area contributed by atoms with E-state index >= 15 is 0 Å². The SMILES string of the molecule is C[C@]12CC[C@H](O)CC1=CC(O)C1C2C(O)C[C@@]2(C)C1CC[C@]2(C)O. The molecule has 9 atom stereocenters. The van der Waals surface area contributed by atoms with Gasteiger partial charge in [0.2, 0.25) is 0 Å². The smallest absolute Gasteiger partial charge is 0.0758 e. The number of hydrogen-bond acceptors (Lipinski definition) is 4. The van der Waals surface area contributed by atoms with Crippen molar-refractivity contribution in [3.05, 3.63) is 11.6 Å². The van der Waals surface area contributed by atoms with Crippen molar-refractivity contribution in [1.82, 2.24) is 0 Å². The van der Waals surface area contributed by atoms with Gasteiger partial charge in [-0.25, -0.2) is 0 Å². The van der Waals surface area contributed by atoms with Gasteiger partial charge < -0.3 is 20.4 Å². The zero-order chi connectivity index (χ0) is 17.5. The van der Waals surface area contributed by atoms with Crippen LogP contribution in [0.2, 0.25) is 0 Å². The summed E-state index contributed by atoms with van der Waals surface area (Å²) >= 11 is 0. The van der Waals surface area contributed by atoms with Gasteiger partial charge in [-0.15, -0.1) is 0 Å². The summed E-state index contributed by atoms with van der Waals surface area (Å²) in [5.74, 6) is 0.251. The van der Waals surface area contributed by atoms with Crippen molar-refractivity contribution in [3.8, 4) is 0 Å². The highest BCUT2D eigenvalue weighted by molar-refractivity contribution is 5.29. The van der Waals surface area contributed by atoms with Crippen LogP contribution in [-0.4, -0.2) is 44.3 Å². The zero-order valence-corrected chi connectivity index (χ0v) is 15.1. The normalized spacial score (nSPS) is 60.0. The van der Waals surface area contributed by atoms with Gasteiger partial charge in [-0.2, -0.15) is 0 Å². The molecule has 0 amide bonds. The fourth-order valence-corrected chi connectivity index (χ4v) is 6.97. The van der Waals surface area contributed by atoms with E-state index in [9.17, 15) is 20.4 Å². The topological polar surface area (TPSA) is 80.9 Å². The molecule has 0 saturated heterocycles. The number of hydrogen-bond donors (Lipinski definition) is 4. The van der Waals surface area contributed by atoms with Crippen molar-refractivity contribution in [2.75, 3.05) is 0 Å². The van der Waals surface area contributed by atoms with Crippen LogP contribution in [0.1, 0.15) is 59.3 Å². The molecule has 136 valence electrons. The molecule has 3 fully saturated rings. The predicted molar refractivity (Wildman–Crippen MR) is 91.1 cm³/mol. The summed E-state index contributed by atoms with van der Waals surface area (Å²) in [6.45, 7) is 6.21. The summed E-state index contributed by atoms with van der Waals surface area (Å²) in [4.78, 5) is 0. The van der Waals surface area contributed by atoms with Crippen LogP contribution in [-0.2, 0) is 0 Å². The summed E-state index contributed by atoms with van der Waals surface area (Å²) in [5.41, 5.74) is -0.137. The van der Waals surface area contributed by atoms with E-state index in [0.717, 1.165) is 31.3 Å². The first kappa shape index (κ1) is 17.0. The summed E-state index contributed by atoms with van der Waals surface area (Å²) in [6.07, 6.45) is 5.04. The van der Waals surface area contributed by atoms with Crippen molar-refractivity contribution in [3.63, 3.8) is 0 Å². The molecular formula is C20H32O4. The van der Waals surface area contributed by atoms with Crippen LogP contribution in [0.15, 0.2) is 11.6 Å². The summed E-state index contributed by atoms with van der Waals surface area (Å²) < 4.78 is 0. The van der Waals surface area contributed by atoms with Crippen molar-refractivity contribution in [2.45, 2.75) is 83.2 Å². The minimum Gasteiger partial charge on any atom is -0.393 e. The second-order valence-electron chi connectivity index (χ2n) is 9.71. The molecule has 4 N–H and O–H groups in total. The molecule has 0 aromatic carbocycles. The van der Waals surface area contributed by atoms with Gasteiger partial charge in [0.25, 0.3) is 0 Å². The van der Waals surface area contributed by atoms with E-state index in [4.69, 9.17) is 0 Å². The fourth-order valence-electron chi connectivity index (χ4n) is 6.97. The fraction of sp³-hybridized carbons (Fsp3) is 0.900. The molecule has 0 bridgehead atoms. The van der Waals surface area contributed by atoms with Crippen LogP contribution in [0, 0.1) is 28.6 Å². The van der Waals surface area contributed by atoms with E-state index < -0.39 is 17.8 Å². The number of rotatable bonds is 0. The number of fused-ring (bicyclic) bond motifs is 5.